The molecule has 0 bridgehead atoms. The second-order valence-electron chi connectivity index (χ2n) is 8.22. The SMILES string of the molecule is CC[C@@H]1CN(C(=O)N2Cc3c(NC(=O)c4ccccn4)n[nH]c3C2C)[C@@H](C)CN1C. The van der Waals surface area contributed by atoms with Gasteiger partial charge in [-0.3, -0.25) is 19.8 Å². The number of anilines is 1. The summed E-state index contributed by atoms with van der Waals surface area (Å²) in [5, 5.41) is 10.1. The van der Waals surface area contributed by atoms with Crippen LogP contribution < -0.4 is 5.32 Å². The van der Waals surface area contributed by atoms with Crippen molar-refractivity contribution in [2.45, 2.75) is 51.9 Å². The molecule has 3 amide bonds. The Kier molecular flexibility index (Phi) is 5.46. The van der Waals surface area contributed by atoms with Crippen molar-refractivity contribution in [3.05, 3.63) is 41.3 Å². The van der Waals surface area contributed by atoms with Crippen LogP contribution in [0.5, 0.6) is 0 Å². The van der Waals surface area contributed by atoms with Crippen LogP contribution in [0, 0.1) is 0 Å². The van der Waals surface area contributed by atoms with Gasteiger partial charge >= 0.3 is 6.03 Å². The molecule has 4 heterocycles. The summed E-state index contributed by atoms with van der Waals surface area (Å²) in [4.78, 5) is 36.1. The highest BCUT2D eigenvalue weighted by Gasteiger charge is 2.40. The monoisotopic (exact) mass is 411 g/mol. The second-order valence-corrected chi connectivity index (χ2v) is 8.22. The van der Waals surface area contributed by atoms with E-state index in [0.717, 1.165) is 30.8 Å². The molecular weight excluding hydrogens is 382 g/mol. The summed E-state index contributed by atoms with van der Waals surface area (Å²) in [5.74, 6) is 0.140. The number of H-pyrrole nitrogens is 1. The number of hydrogen-bond donors (Lipinski definition) is 2. The Morgan fingerprint density at radius 2 is 2.03 bits per heavy atom. The quantitative estimate of drug-likeness (QED) is 0.809. The van der Waals surface area contributed by atoms with Crippen LogP contribution in [0.4, 0.5) is 10.6 Å². The minimum Gasteiger partial charge on any atom is -0.319 e. The molecule has 1 unspecified atom stereocenters. The van der Waals surface area contributed by atoms with Crippen LogP contribution in [0.25, 0.3) is 0 Å². The number of hydrogen-bond acceptors (Lipinski definition) is 5. The lowest BCUT2D eigenvalue weighted by molar-refractivity contribution is 0.0514. The first-order valence-corrected chi connectivity index (χ1v) is 10.5. The normalized spacial score (nSPS) is 24.1. The Hall–Kier alpha value is -2.94. The highest BCUT2D eigenvalue weighted by molar-refractivity contribution is 6.02. The summed E-state index contributed by atoms with van der Waals surface area (Å²) in [5.41, 5.74) is 2.05. The molecule has 160 valence electrons. The van der Waals surface area contributed by atoms with E-state index < -0.39 is 0 Å². The Balaban J connectivity index is 1.49. The average Bonchev–Trinajstić information content (AvgIpc) is 3.28. The van der Waals surface area contributed by atoms with Gasteiger partial charge in [0.1, 0.15) is 5.69 Å². The number of amides is 3. The molecule has 2 aromatic heterocycles. The van der Waals surface area contributed by atoms with E-state index >= 15 is 0 Å². The lowest BCUT2D eigenvalue weighted by atomic mass is 10.1. The van der Waals surface area contributed by atoms with Gasteiger partial charge < -0.3 is 15.1 Å². The van der Waals surface area contributed by atoms with Crippen LogP contribution in [0.3, 0.4) is 0 Å². The number of carbonyl (C=O) groups is 2. The molecular formula is C21H29N7O2. The Morgan fingerprint density at radius 1 is 1.23 bits per heavy atom. The average molecular weight is 412 g/mol. The maximum absolute atomic E-state index is 13.4. The maximum atomic E-state index is 13.4. The van der Waals surface area contributed by atoms with Crippen LogP contribution >= 0.6 is 0 Å². The van der Waals surface area contributed by atoms with Crippen molar-refractivity contribution in [3.63, 3.8) is 0 Å². The van der Waals surface area contributed by atoms with Crippen molar-refractivity contribution in [3.8, 4) is 0 Å². The molecule has 1 fully saturated rings. The molecule has 0 aromatic carbocycles. The van der Waals surface area contributed by atoms with Gasteiger partial charge in [-0.15, -0.1) is 0 Å². The van der Waals surface area contributed by atoms with Gasteiger partial charge in [0.05, 0.1) is 18.3 Å². The van der Waals surface area contributed by atoms with Gasteiger partial charge in [0.15, 0.2) is 5.82 Å². The van der Waals surface area contributed by atoms with E-state index in [-0.39, 0.29) is 24.0 Å². The van der Waals surface area contributed by atoms with Crippen LogP contribution in [0.1, 0.15) is 55.0 Å². The van der Waals surface area contributed by atoms with Crippen LogP contribution in [-0.4, -0.2) is 74.0 Å². The highest BCUT2D eigenvalue weighted by atomic mass is 16.2. The standard InChI is InChI=1S/C21H29N7O2/c1-5-15-11-27(13(2)10-26(15)4)21(30)28-12-16-18(14(28)3)24-25-19(16)23-20(29)17-8-6-7-9-22-17/h6-9,13-15H,5,10-12H2,1-4H3,(H2,23,24,25,29)/t13-,14?,15+/m0/s1. The van der Waals surface area contributed by atoms with Crippen molar-refractivity contribution >= 4 is 17.8 Å². The lowest BCUT2D eigenvalue weighted by Crippen LogP contribution is -2.59. The number of nitrogens with one attached hydrogen (secondary N) is 2. The molecule has 3 atom stereocenters. The predicted molar refractivity (Wildman–Crippen MR) is 113 cm³/mol. The molecule has 0 aliphatic carbocycles. The molecule has 4 rings (SSSR count). The van der Waals surface area contributed by atoms with Gasteiger partial charge in [-0.25, -0.2) is 4.79 Å². The molecule has 2 aliphatic rings. The third-order valence-electron chi connectivity index (χ3n) is 6.32. The molecule has 0 saturated carbocycles. The van der Waals surface area contributed by atoms with E-state index in [1.165, 1.54) is 0 Å². The van der Waals surface area contributed by atoms with Crippen LogP contribution in [0.2, 0.25) is 0 Å². The molecule has 30 heavy (non-hydrogen) atoms. The third-order valence-corrected chi connectivity index (χ3v) is 6.32. The zero-order chi connectivity index (χ0) is 21.4. The number of piperazine rings is 1. The Bertz CT molecular complexity index is 929. The van der Waals surface area contributed by atoms with Gasteiger partial charge in [0.25, 0.3) is 5.91 Å². The van der Waals surface area contributed by atoms with E-state index in [0.29, 0.717) is 24.1 Å². The fraction of sp³-hybridized carbons (Fsp3) is 0.524. The van der Waals surface area contributed by atoms with Crippen LogP contribution in [-0.2, 0) is 6.54 Å². The van der Waals surface area contributed by atoms with Crippen molar-refractivity contribution < 1.29 is 9.59 Å². The summed E-state index contributed by atoms with van der Waals surface area (Å²) in [6.45, 7) is 8.26. The molecule has 2 N–H and O–H groups in total. The number of carbonyl (C=O) groups excluding carboxylic acids is 2. The van der Waals surface area contributed by atoms with Gasteiger partial charge in [0, 0.05) is 36.9 Å². The van der Waals surface area contributed by atoms with Crippen molar-refractivity contribution in [2.24, 2.45) is 0 Å². The van der Waals surface area contributed by atoms with E-state index in [4.69, 9.17) is 0 Å². The fourth-order valence-corrected chi connectivity index (χ4v) is 4.44. The van der Waals surface area contributed by atoms with Gasteiger partial charge in [0.2, 0.25) is 0 Å². The van der Waals surface area contributed by atoms with E-state index in [1.54, 1.807) is 24.4 Å². The number of nitrogens with zero attached hydrogens (tertiary/aromatic N) is 5. The molecule has 2 aliphatic heterocycles. The number of rotatable bonds is 3. The summed E-state index contributed by atoms with van der Waals surface area (Å²) >= 11 is 0. The largest absolute Gasteiger partial charge is 0.321 e. The van der Waals surface area contributed by atoms with Crippen molar-refractivity contribution in [2.75, 3.05) is 25.5 Å². The minimum absolute atomic E-state index is 0.0353. The number of pyridine rings is 1. The molecule has 0 spiro atoms. The molecule has 0 radical (unpaired) electrons. The molecule has 1 saturated heterocycles. The van der Waals surface area contributed by atoms with E-state index in [9.17, 15) is 9.59 Å². The summed E-state index contributed by atoms with van der Waals surface area (Å²) in [7, 11) is 2.12. The minimum atomic E-state index is -0.319. The third kappa shape index (κ3) is 3.54. The second kappa shape index (κ2) is 8.06. The maximum Gasteiger partial charge on any atom is 0.321 e. The first-order valence-electron chi connectivity index (χ1n) is 10.5. The predicted octanol–water partition coefficient (Wildman–Crippen LogP) is 2.47. The van der Waals surface area contributed by atoms with Crippen molar-refractivity contribution in [1.82, 2.24) is 29.9 Å². The first-order chi connectivity index (χ1) is 14.4. The smallest absolute Gasteiger partial charge is 0.319 e. The van der Waals surface area contributed by atoms with Crippen LogP contribution in [0.15, 0.2) is 24.4 Å². The Labute approximate surface area is 176 Å². The number of likely N-dealkylation sites (N-methyl/N-ethyl adjacent to an activating group) is 1. The topological polar surface area (TPSA) is 97.5 Å². The van der Waals surface area contributed by atoms with E-state index in [1.807, 2.05) is 16.7 Å². The van der Waals surface area contributed by atoms with Gasteiger partial charge in [-0.2, -0.15) is 5.10 Å². The van der Waals surface area contributed by atoms with Crippen molar-refractivity contribution in [1.29, 1.82) is 0 Å². The van der Waals surface area contributed by atoms with Gasteiger partial charge in [-0.05, 0) is 39.4 Å². The zero-order valence-corrected chi connectivity index (χ0v) is 17.9. The number of urea groups is 1. The summed E-state index contributed by atoms with van der Waals surface area (Å²) < 4.78 is 0. The number of aromatic amines is 1. The van der Waals surface area contributed by atoms with Gasteiger partial charge in [-0.1, -0.05) is 13.0 Å². The molecule has 2 aromatic rings. The lowest BCUT2D eigenvalue weighted by Gasteiger charge is -2.45. The van der Waals surface area contributed by atoms with E-state index in [2.05, 4.69) is 46.3 Å². The molecule has 9 heteroatoms. The first kappa shape index (κ1) is 20.3. The zero-order valence-electron chi connectivity index (χ0n) is 17.9. The number of aromatic nitrogens is 3. The Morgan fingerprint density at radius 3 is 2.73 bits per heavy atom. The summed E-state index contributed by atoms with van der Waals surface area (Å²) in [6.07, 6.45) is 2.59. The highest BCUT2D eigenvalue weighted by Crippen LogP contribution is 2.37. The fourth-order valence-electron chi connectivity index (χ4n) is 4.44. The molecule has 9 nitrogen and oxygen atoms in total. The summed E-state index contributed by atoms with van der Waals surface area (Å²) in [6, 6.07) is 5.60. The number of fused-ring (bicyclic) bond motifs is 1.